The van der Waals surface area contributed by atoms with Crippen LogP contribution in [0.1, 0.15) is 26.3 Å². The van der Waals surface area contributed by atoms with Crippen LogP contribution in [-0.4, -0.2) is 23.6 Å². The number of carbonyl (C=O) groups excluding carboxylic acids is 2. The van der Waals surface area contributed by atoms with Crippen molar-refractivity contribution in [3.63, 3.8) is 0 Å². The Morgan fingerprint density at radius 2 is 1.95 bits per heavy atom. The zero-order valence-electron chi connectivity index (χ0n) is 11.2. The normalized spacial score (nSPS) is 9.89. The molecule has 0 saturated heterocycles. The molecule has 0 aromatic heterocycles. The van der Waals surface area contributed by atoms with Gasteiger partial charge in [-0.1, -0.05) is 28.1 Å². The Balaban J connectivity index is 0.000000342. The molecule has 104 valence electrons. The predicted octanol–water partition coefficient (Wildman–Crippen LogP) is 1.83. The SMILES string of the molecule is CC(C)(C)NC(=O)C(N)=O.N=Cc1cccc(Br)c1. The molecule has 0 aliphatic heterocycles. The lowest BCUT2D eigenvalue weighted by Gasteiger charge is -2.18. The summed E-state index contributed by atoms with van der Waals surface area (Å²) in [6.45, 7) is 5.32. The van der Waals surface area contributed by atoms with Crippen molar-refractivity contribution in [1.82, 2.24) is 5.32 Å². The number of carbonyl (C=O) groups is 2. The van der Waals surface area contributed by atoms with E-state index in [-0.39, 0.29) is 0 Å². The standard InChI is InChI=1S/C7H6BrN.C6H12N2O2/c8-7-3-1-2-6(4-7)5-9;1-6(2,3)8-5(10)4(7)9/h1-5,9H;1-3H3,(H2,7,9)(H,8,10). The van der Waals surface area contributed by atoms with Crippen molar-refractivity contribution in [1.29, 1.82) is 5.41 Å². The van der Waals surface area contributed by atoms with Crippen molar-refractivity contribution >= 4 is 34.0 Å². The summed E-state index contributed by atoms with van der Waals surface area (Å²) < 4.78 is 1.02. The Labute approximate surface area is 121 Å². The van der Waals surface area contributed by atoms with Crippen molar-refractivity contribution in [3.8, 4) is 0 Å². The number of nitrogens with one attached hydrogen (secondary N) is 2. The number of nitrogens with two attached hydrogens (primary N) is 1. The first-order valence-corrected chi connectivity index (χ1v) is 6.33. The summed E-state index contributed by atoms with van der Waals surface area (Å²) in [4.78, 5) is 20.8. The van der Waals surface area contributed by atoms with Gasteiger partial charge in [-0.05, 0) is 38.5 Å². The van der Waals surface area contributed by atoms with Gasteiger partial charge in [0.2, 0.25) is 0 Å². The van der Waals surface area contributed by atoms with Crippen LogP contribution in [0.15, 0.2) is 28.7 Å². The van der Waals surface area contributed by atoms with Crippen LogP contribution in [0.25, 0.3) is 0 Å². The van der Waals surface area contributed by atoms with Gasteiger partial charge in [-0.15, -0.1) is 0 Å². The second-order valence-corrected chi connectivity index (χ2v) is 5.68. The third-order valence-corrected chi connectivity index (χ3v) is 2.22. The van der Waals surface area contributed by atoms with Crippen LogP contribution in [0.3, 0.4) is 0 Å². The highest BCUT2D eigenvalue weighted by Gasteiger charge is 2.16. The third-order valence-electron chi connectivity index (χ3n) is 1.73. The Bertz CT molecular complexity index is 467. The molecule has 0 spiro atoms. The summed E-state index contributed by atoms with van der Waals surface area (Å²) in [6.07, 6.45) is 1.32. The number of primary amides is 1. The van der Waals surface area contributed by atoms with Gasteiger partial charge in [0.25, 0.3) is 0 Å². The predicted molar refractivity (Wildman–Crippen MR) is 79.1 cm³/mol. The molecule has 0 bridgehead atoms. The molecule has 0 aliphatic carbocycles. The van der Waals surface area contributed by atoms with E-state index in [0.29, 0.717) is 0 Å². The van der Waals surface area contributed by atoms with Gasteiger partial charge in [-0.3, -0.25) is 9.59 Å². The fourth-order valence-corrected chi connectivity index (χ4v) is 1.42. The van der Waals surface area contributed by atoms with Gasteiger partial charge >= 0.3 is 11.8 Å². The average molecular weight is 328 g/mol. The molecular weight excluding hydrogens is 310 g/mol. The number of hydrogen-bond donors (Lipinski definition) is 3. The van der Waals surface area contributed by atoms with Gasteiger partial charge in [0.1, 0.15) is 0 Å². The monoisotopic (exact) mass is 327 g/mol. The first kappa shape index (κ1) is 17.3. The van der Waals surface area contributed by atoms with E-state index in [2.05, 4.69) is 21.2 Å². The summed E-state index contributed by atoms with van der Waals surface area (Å²) >= 11 is 3.30. The second kappa shape index (κ2) is 7.68. The summed E-state index contributed by atoms with van der Waals surface area (Å²) in [5.41, 5.74) is 5.22. The number of rotatable bonds is 1. The summed E-state index contributed by atoms with van der Waals surface area (Å²) in [7, 11) is 0. The lowest BCUT2D eigenvalue weighted by molar-refractivity contribution is -0.138. The van der Waals surface area contributed by atoms with E-state index >= 15 is 0 Å². The lowest BCUT2D eigenvalue weighted by atomic mass is 10.1. The van der Waals surface area contributed by atoms with E-state index in [0.717, 1.165) is 10.0 Å². The first-order valence-electron chi connectivity index (χ1n) is 5.53. The Morgan fingerprint density at radius 1 is 1.37 bits per heavy atom. The molecule has 0 atom stereocenters. The molecule has 1 aromatic carbocycles. The van der Waals surface area contributed by atoms with Crippen LogP contribution in [0, 0.1) is 5.41 Å². The van der Waals surface area contributed by atoms with Crippen molar-refractivity contribution in [2.45, 2.75) is 26.3 Å². The molecular formula is C13H18BrN3O2. The molecule has 5 nitrogen and oxygen atoms in total. The average Bonchev–Trinajstić information content (AvgIpc) is 2.27. The van der Waals surface area contributed by atoms with Crippen LogP contribution in [-0.2, 0) is 9.59 Å². The molecule has 4 N–H and O–H groups in total. The molecule has 1 aromatic rings. The first-order chi connectivity index (χ1) is 8.65. The maximum Gasteiger partial charge on any atom is 0.309 e. The summed E-state index contributed by atoms with van der Waals surface area (Å²) in [5.74, 6) is -1.69. The topological polar surface area (TPSA) is 96.0 Å². The van der Waals surface area contributed by atoms with E-state index in [1.54, 1.807) is 20.8 Å². The van der Waals surface area contributed by atoms with Gasteiger partial charge in [0.15, 0.2) is 0 Å². The maximum absolute atomic E-state index is 10.6. The highest BCUT2D eigenvalue weighted by atomic mass is 79.9. The number of hydrogen-bond acceptors (Lipinski definition) is 3. The van der Waals surface area contributed by atoms with E-state index in [1.807, 2.05) is 24.3 Å². The third kappa shape index (κ3) is 8.96. The van der Waals surface area contributed by atoms with Crippen LogP contribution in [0.5, 0.6) is 0 Å². The molecule has 2 amide bonds. The van der Waals surface area contributed by atoms with E-state index in [4.69, 9.17) is 11.1 Å². The fourth-order valence-electron chi connectivity index (χ4n) is 0.999. The highest BCUT2D eigenvalue weighted by molar-refractivity contribution is 9.10. The molecule has 6 heteroatoms. The summed E-state index contributed by atoms with van der Waals surface area (Å²) in [5, 5.41) is 9.30. The Kier molecular flexibility index (Phi) is 7.00. The maximum atomic E-state index is 10.6. The zero-order valence-corrected chi connectivity index (χ0v) is 12.7. The fraction of sp³-hybridized carbons (Fsp3) is 0.308. The quantitative estimate of drug-likeness (QED) is 0.542. The molecule has 19 heavy (non-hydrogen) atoms. The van der Waals surface area contributed by atoms with Gasteiger partial charge in [0, 0.05) is 16.2 Å². The summed E-state index contributed by atoms with van der Waals surface area (Å²) in [6, 6.07) is 7.63. The van der Waals surface area contributed by atoms with Crippen LogP contribution < -0.4 is 11.1 Å². The van der Waals surface area contributed by atoms with E-state index in [9.17, 15) is 9.59 Å². The largest absolute Gasteiger partial charge is 0.361 e. The van der Waals surface area contributed by atoms with Crippen molar-refractivity contribution in [3.05, 3.63) is 34.3 Å². The molecule has 1 rings (SSSR count). The van der Waals surface area contributed by atoms with E-state index < -0.39 is 17.4 Å². The number of halogens is 1. The van der Waals surface area contributed by atoms with Crippen molar-refractivity contribution in [2.24, 2.45) is 5.73 Å². The van der Waals surface area contributed by atoms with Crippen molar-refractivity contribution < 1.29 is 9.59 Å². The van der Waals surface area contributed by atoms with Gasteiger partial charge in [-0.2, -0.15) is 0 Å². The van der Waals surface area contributed by atoms with Gasteiger partial charge in [-0.25, -0.2) is 0 Å². The van der Waals surface area contributed by atoms with Crippen LogP contribution >= 0.6 is 15.9 Å². The van der Waals surface area contributed by atoms with Crippen LogP contribution in [0.4, 0.5) is 0 Å². The molecule has 0 fully saturated rings. The molecule has 0 aliphatic rings. The second-order valence-electron chi connectivity index (χ2n) is 4.77. The zero-order chi connectivity index (χ0) is 15.1. The molecule has 0 heterocycles. The minimum absolute atomic E-state index is 0.397. The Hall–Kier alpha value is -1.69. The smallest absolute Gasteiger partial charge is 0.309 e. The molecule has 0 radical (unpaired) electrons. The molecule has 0 unspecified atom stereocenters. The minimum Gasteiger partial charge on any atom is -0.361 e. The van der Waals surface area contributed by atoms with Gasteiger partial charge < -0.3 is 16.5 Å². The number of benzene rings is 1. The Morgan fingerprint density at radius 3 is 2.21 bits per heavy atom. The number of amides is 2. The minimum atomic E-state index is -0.949. The molecule has 0 saturated carbocycles. The highest BCUT2D eigenvalue weighted by Crippen LogP contribution is 2.09. The van der Waals surface area contributed by atoms with Crippen molar-refractivity contribution in [2.75, 3.05) is 0 Å². The van der Waals surface area contributed by atoms with Gasteiger partial charge in [0.05, 0.1) is 0 Å². The van der Waals surface area contributed by atoms with E-state index in [1.165, 1.54) is 6.21 Å². The lowest BCUT2D eigenvalue weighted by Crippen LogP contribution is -2.46. The van der Waals surface area contributed by atoms with Crippen LogP contribution in [0.2, 0.25) is 0 Å².